The van der Waals surface area contributed by atoms with Crippen LogP contribution in [0.2, 0.25) is 0 Å². The fourth-order valence-corrected chi connectivity index (χ4v) is 4.55. The van der Waals surface area contributed by atoms with Gasteiger partial charge in [0.05, 0.1) is 18.8 Å². The normalized spacial score (nSPS) is 17.8. The summed E-state index contributed by atoms with van der Waals surface area (Å²) in [5.41, 5.74) is 2.00. The molecule has 2 aromatic rings. The van der Waals surface area contributed by atoms with Crippen molar-refractivity contribution in [3.05, 3.63) is 52.4 Å². The molecule has 0 radical (unpaired) electrons. The van der Waals surface area contributed by atoms with Crippen LogP contribution in [0.4, 0.5) is 29.3 Å². The van der Waals surface area contributed by atoms with Gasteiger partial charge < -0.3 is 15.1 Å². The summed E-state index contributed by atoms with van der Waals surface area (Å²) in [6.07, 6.45) is -1.07. The SMILES string of the molecule is [C-]#[N+]c1cc(NC(=O)N2CCc3nn4c(c3C2)C(=O)N(C)C[C@H](CCCC(F)F)C4)ccc1F. The van der Waals surface area contributed by atoms with E-state index in [2.05, 4.69) is 15.3 Å². The molecule has 11 heteroatoms. The number of nitrogens with zero attached hydrogens (tertiary/aromatic N) is 5. The second-order valence-electron chi connectivity index (χ2n) is 8.71. The topological polar surface area (TPSA) is 74.8 Å². The van der Waals surface area contributed by atoms with Gasteiger partial charge in [0.15, 0.2) is 0 Å². The predicted octanol–water partition coefficient (Wildman–Crippen LogP) is 4.30. The summed E-state index contributed by atoms with van der Waals surface area (Å²) in [6, 6.07) is 3.36. The molecule has 0 bridgehead atoms. The summed E-state index contributed by atoms with van der Waals surface area (Å²) in [5, 5.41) is 7.31. The van der Waals surface area contributed by atoms with Crippen molar-refractivity contribution in [2.45, 2.75) is 45.2 Å². The fourth-order valence-electron chi connectivity index (χ4n) is 4.55. The molecule has 0 saturated carbocycles. The van der Waals surface area contributed by atoms with E-state index in [1.165, 1.54) is 12.1 Å². The lowest BCUT2D eigenvalue weighted by Crippen LogP contribution is -2.39. The van der Waals surface area contributed by atoms with Crippen LogP contribution in [0.5, 0.6) is 0 Å². The summed E-state index contributed by atoms with van der Waals surface area (Å²) in [6.45, 7) is 8.50. The van der Waals surface area contributed by atoms with Gasteiger partial charge in [0.2, 0.25) is 12.1 Å². The number of hydrogen-bond acceptors (Lipinski definition) is 3. The van der Waals surface area contributed by atoms with Gasteiger partial charge in [0.1, 0.15) is 11.5 Å². The zero-order chi connectivity index (χ0) is 24.4. The number of hydrogen-bond donors (Lipinski definition) is 1. The van der Waals surface area contributed by atoms with E-state index in [0.29, 0.717) is 55.8 Å². The Morgan fingerprint density at radius 1 is 1.35 bits per heavy atom. The van der Waals surface area contributed by atoms with Crippen LogP contribution >= 0.6 is 0 Å². The minimum atomic E-state index is -2.34. The number of fused-ring (bicyclic) bond motifs is 3. The van der Waals surface area contributed by atoms with E-state index >= 15 is 0 Å². The van der Waals surface area contributed by atoms with Crippen LogP contribution in [0.25, 0.3) is 4.85 Å². The molecular formula is C23H25F3N6O2. The summed E-state index contributed by atoms with van der Waals surface area (Å²) >= 11 is 0. The molecule has 180 valence electrons. The number of benzene rings is 1. The molecule has 3 heterocycles. The molecule has 8 nitrogen and oxygen atoms in total. The van der Waals surface area contributed by atoms with Crippen LogP contribution in [-0.4, -0.2) is 58.1 Å². The average molecular weight is 474 g/mol. The van der Waals surface area contributed by atoms with Crippen LogP contribution in [-0.2, 0) is 19.5 Å². The van der Waals surface area contributed by atoms with Crippen LogP contribution < -0.4 is 5.32 Å². The first-order valence-corrected chi connectivity index (χ1v) is 11.1. The number of amides is 3. The van der Waals surface area contributed by atoms with Gasteiger partial charge in [-0.3, -0.25) is 9.48 Å². The maximum atomic E-state index is 13.6. The van der Waals surface area contributed by atoms with Crippen molar-refractivity contribution < 1.29 is 22.8 Å². The molecule has 0 fully saturated rings. The molecular weight excluding hydrogens is 449 g/mol. The predicted molar refractivity (Wildman–Crippen MR) is 118 cm³/mol. The Kier molecular flexibility index (Phi) is 6.77. The first-order chi connectivity index (χ1) is 16.3. The minimum absolute atomic E-state index is 0.0184. The van der Waals surface area contributed by atoms with E-state index in [1.807, 2.05) is 0 Å². The third-order valence-corrected chi connectivity index (χ3v) is 6.25. The van der Waals surface area contributed by atoms with E-state index in [9.17, 15) is 22.8 Å². The van der Waals surface area contributed by atoms with Gasteiger partial charge in [0.25, 0.3) is 5.91 Å². The Morgan fingerprint density at radius 3 is 2.88 bits per heavy atom. The minimum Gasteiger partial charge on any atom is -0.340 e. The first-order valence-electron chi connectivity index (χ1n) is 11.1. The van der Waals surface area contributed by atoms with Crippen molar-refractivity contribution in [1.82, 2.24) is 19.6 Å². The Morgan fingerprint density at radius 2 is 2.15 bits per heavy atom. The molecule has 1 aromatic carbocycles. The van der Waals surface area contributed by atoms with E-state index in [-0.39, 0.29) is 30.5 Å². The van der Waals surface area contributed by atoms with E-state index in [4.69, 9.17) is 6.57 Å². The molecule has 0 unspecified atom stereocenters. The lowest BCUT2D eigenvalue weighted by atomic mass is 10.0. The molecule has 1 atom stereocenters. The number of alkyl halides is 2. The van der Waals surface area contributed by atoms with Crippen LogP contribution in [0.1, 0.15) is 41.0 Å². The highest BCUT2D eigenvalue weighted by Gasteiger charge is 2.34. The van der Waals surface area contributed by atoms with Crippen LogP contribution in [0.3, 0.4) is 0 Å². The maximum absolute atomic E-state index is 13.6. The van der Waals surface area contributed by atoms with Gasteiger partial charge in [-0.15, -0.1) is 0 Å². The summed E-state index contributed by atoms with van der Waals surface area (Å²) in [7, 11) is 1.69. The highest BCUT2D eigenvalue weighted by atomic mass is 19.3. The number of anilines is 1. The van der Waals surface area contributed by atoms with Gasteiger partial charge in [0, 0.05) is 50.8 Å². The third kappa shape index (κ3) is 4.85. The highest BCUT2D eigenvalue weighted by molar-refractivity contribution is 5.95. The van der Waals surface area contributed by atoms with E-state index in [0.717, 1.165) is 11.8 Å². The van der Waals surface area contributed by atoms with Crippen molar-refractivity contribution in [3.8, 4) is 0 Å². The third-order valence-electron chi connectivity index (χ3n) is 6.25. The quantitative estimate of drug-likeness (QED) is 0.657. The zero-order valence-corrected chi connectivity index (χ0v) is 18.7. The molecule has 4 rings (SSSR count). The lowest BCUT2D eigenvalue weighted by Gasteiger charge is -2.27. The van der Waals surface area contributed by atoms with Crippen molar-refractivity contribution in [2.24, 2.45) is 5.92 Å². The molecule has 1 aromatic heterocycles. The number of rotatable bonds is 5. The van der Waals surface area contributed by atoms with Crippen molar-refractivity contribution >= 4 is 23.3 Å². The summed E-state index contributed by atoms with van der Waals surface area (Å²) in [4.78, 5) is 32.2. The number of aromatic nitrogens is 2. The van der Waals surface area contributed by atoms with Gasteiger partial charge in [-0.1, -0.05) is 0 Å². The van der Waals surface area contributed by atoms with Gasteiger partial charge in [-0.25, -0.2) is 22.8 Å². The summed E-state index contributed by atoms with van der Waals surface area (Å²) in [5.74, 6) is -0.842. The number of urea groups is 1. The van der Waals surface area contributed by atoms with Crippen molar-refractivity contribution in [1.29, 1.82) is 0 Å². The molecule has 0 spiro atoms. The first kappa shape index (κ1) is 23.6. The molecule has 0 aliphatic carbocycles. The molecule has 2 aliphatic rings. The summed E-state index contributed by atoms with van der Waals surface area (Å²) < 4.78 is 40.3. The molecule has 0 saturated heterocycles. The highest BCUT2D eigenvalue weighted by Crippen LogP contribution is 2.29. The molecule has 1 N–H and O–H groups in total. The fraction of sp³-hybridized carbons (Fsp3) is 0.478. The lowest BCUT2D eigenvalue weighted by molar-refractivity contribution is 0.0773. The van der Waals surface area contributed by atoms with E-state index < -0.39 is 18.3 Å². The Hall–Kier alpha value is -3.55. The number of halogens is 3. The standard InChI is InChI=1S/C23H25F3N6O2/c1-27-19-10-15(6-7-17(19)24)28-23(34)31-9-8-18-16(13-31)21-22(33)30(2)11-14(12-32(21)29-18)4-3-5-20(25)26/h6-7,10,14,20H,3-5,8-9,11-13H2,2H3,(H,28,34)/t14-/m0/s1. The number of carbonyl (C=O) groups is 2. The Labute approximate surface area is 195 Å². The monoisotopic (exact) mass is 474 g/mol. The molecule has 2 aliphatic heterocycles. The maximum Gasteiger partial charge on any atom is 0.322 e. The second kappa shape index (κ2) is 9.75. The number of carbonyl (C=O) groups excluding carboxylic acids is 2. The van der Waals surface area contributed by atoms with Crippen LogP contribution in [0, 0.1) is 18.3 Å². The average Bonchev–Trinajstić information content (AvgIpc) is 3.10. The Balaban J connectivity index is 1.50. The van der Waals surface area contributed by atoms with Gasteiger partial charge >= 0.3 is 6.03 Å². The Bertz CT molecular complexity index is 1140. The van der Waals surface area contributed by atoms with Crippen molar-refractivity contribution in [3.63, 3.8) is 0 Å². The second-order valence-corrected chi connectivity index (χ2v) is 8.71. The van der Waals surface area contributed by atoms with Crippen LogP contribution in [0.15, 0.2) is 18.2 Å². The number of nitrogens with one attached hydrogen (secondary N) is 1. The van der Waals surface area contributed by atoms with Gasteiger partial charge in [-0.05, 0) is 37.0 Å². The molecule has 34 heavy (non-hydrogen) atoms. The van der Waals surface area contributed by atoms with E-state index in [1.54, 1.807) is 21.5 Å². The molecule has 3 amide bonds. The largest absolute Gasteiger partial charge is 0.340 e. The smallest absolute Gasteiger partial charge is 0.322 e. The van der Waals surface area contributed by atoms with Crippen molar-refractivity contribution in [2.75, 3.05) is 25.5 Å². The van der Waals surface area contributed by atoms with Gasteiger partial charge in [-0.2, -0.15) is 5.10 Å². The zero-order valence-electron chi connectivity index (χ0n) is 18.7.